The van der Waals surface area contributed by atoms with E-state index in [1.54, 1.807) is 33.3 Å². The molecule has 0 bridgehead atoms. The number of hydrazone groups is 1. The molecule has 0 amide bonds. The second-order valence-electron chi connectivity index (χ2n) is 4.88. The average Bonchev–Trinajstić information content (AvgIpc) is 2.59. The van der Waals surface area contributed by atoms with Crippen LogP contribution in [0.4, 0.5) is 5.69 Å². The molecule has 0 saturated heterocycles. The molecule has 2 aromatic rings. The third-order valence-electron chi connectivity index (χ3n) is 3.25. The highest BCUT2D eigenvalue weighted by atomic mass is 32.1. The number of anilines is 1. The maximum absolute atomic E-state index is 10.0. The second kappa shape index (κ2) is 8.16. The van der Waals surface area contributed by atoms with Crippen LogP contribution in [0.25, 0.3) is 0 Å². The summed E-state index contributed by atoms with van der Waals surface area (Å²) in [5.41, 5.74) is 4.71. The molecule has 0 aromatic heterocycles. The van der Waals surface area contributed by atoms with Crippen LogP contribution in [0.3, 0.4) is 0 Å². The summed E-state index contributed by atoms with van der Waals surface area (Å²) in [6, 6.07) is 12.4. The number of nitrogens with one attached hydrogen (secondary N) is 2. The first-order chi connectivity index (χ1) is 11.5. The summed E-state index contributed by atoms with van der Waals surface area (Å²) >= 11 is 5.20. The van der Waals surface area contributed by atoms with Gasteiger partial charge in [0.25, 0.3) is 0 Å². The lowest BCUT2D eigenvalue weighted by Crippen LogP contribution is -2.25. The van der Waals surface area contributed by atoms with Crippen molar-refractivity contribution >= 4 is 28.7 Å². The van der Waals surface area contributed by atoms with Gasteiger partial charge in [-0.1, -0.05) is 6.07 Å². The lowest BCUT2D eigenvalue weighted by atomic mass is 10.1. The van der Waals surface area contributed by atoms with Crippen LogP contribution in [0.5, 0.6) is 17.2 Å². The van der Waals surface area contributed by atoms with Gasteiger partial charge in [-0.3, -0.25) is 5.43 Å². The fraction of sp³-hybridized carbons (Fsp3) is 0.176. The molecule has 24 heavy (non-hydrogen) atoms. The third-order valence-corrected chi connectivity index (χ3v) is 3.44. The predicted molar refractivity (Wildman–Crippen MR) is 99.2 cm³/mol. The van der Waals surface area contributed by atoms with Crippen molar-refractivity contribution in [2.45, 2.75) is 6.92 Å². The maximum Gasteiger partial charge on any atom is 0.191 e. The van der Waals surface area contributed by atoms with Crippen LogP contribution >= 0.6 is 12.2 Å². The zero-order valence-electron chi connectivity index (χ0n) is 13.7. The van der Waals surface area contributed by atoms with Crippen LogP contribution < -0.4 is 20.2 Å². The Morgan fingerprint density at radius 1 is 1.08 bits per heavy atom. The Morgan fingerprint density at radius 3 is 2.46 bits per heavy atom. The summed E-state index contributed by atoms with van der Waals surface area (Å²) in [7, 11) is 3.14. The van der Waals surface area contributed by atoms with Crippen LogP contribution in [-0.2, 0) is 0 Å². The molecule has 0 heterocycles. The summed E-state index contributed by atoms with van der Waals surface area (Å²) in [4.78, 5) is 0. The Labute approximate surface area is 146 Å². The fourth-order valence-electron chi connectivity index (χ4n) is 2.00. The predicted octanol–water partition coefficient (Wildman–Crippen LogP) is 3.12. The molecule has 7 heteroatoms. The lowest BCUT2D eigenvalue weighted by molar-refractivity contribution is 0.407. The number of phenolic OH excluding ortho intramolecular Hbond substituents is 1. The van der Waals surface area contributed by atoms with E-state index >= 15 is 0 Å². The molecule has 2 rings (SSSR count). The first-order valence-electron chi connectivity index (χ1n) is 7.16. The van der Waals surface area contributed by atoms with E-state index in [2.05, 4.69) is 15.8 Å². The van der Waals surface area contributed by atoms with Gasteiger partial charge in [0.05, 0.1) is 19.9 Å². The molecule has 0 radical (unpaired) electrons. The van der Waals surface area contributed by atoms with E-state index in [1.165, 1.54) is 6.07 Å². The molecule has 0 aliphatic carbocycles. The summed E-state index contributed by atoms with van der Waals surface area (Å²) in [6.45, 7) is 1.77. The molecule has 0 unspecified atom stereocenters. The number of methoxy groups -OCH3 is 2. The van der Waals surface area contributed by atoms with Gasteiger partial charge in [-0.05, 0) is 43.4 Å². The van der Waals surface area contributed by atoms with E-state index in [9.17, 15) is 5.11 Å². The first kappa shape index (κ1) is 17.6. The number of thiocarbonyl (C=S) groups is 1. The molecule has 0 atom stereocenters. The fourth-order valence-corrected chi connectivity index (χ4v) is 2.16. The zero-order chi connectivity index (χ0) is 17.5. The number of ether oxygens (including phenoxy) is 2. The summed E-state index contributed by atoms with van der Waals surface area (Å²) in [5.74, 6) is 1.39. The molecule has 2 aromatic carbocycles. The van der Waals surface area contributed by atoms with Gasteiger partial charge in [-0.15, -0.1) is 0 Å². The van der Waals surface area contributed by atoms with Crippen molar-refractivity contribution in [3.63, 3.8) is 0 Å². The number of hydrogen-bond acceptors (Lipinski definition) is 5. The number of aromatic hydroxyl groups is 1. The van der Waals surface area contributed by atoms with E-state index in [1.807, 2.05) is 24.3 Å². The number of nitrogens with zero attached hydrogens (tertiary/aromatic N) is 1. The molecule has 0 fully saturated rings. The third kappa shape index (κ3) is 4.60. The number of phenols is 1. The van der Waals surface area contributed by atoms with Crippen molar-refractivity contribution in [1.82, 2.24) is 5.43 Å². The molecular formula is C17H19N3O3S. The Balaban J connectivity index is 2.02. The first-order valence-corrected chi connectivity index (χ1v) is 7.57. The Morgan fingerprint density at radius 2 is 1.79 bits per heavy atom. The van der Waals surface area contributed by atoms with E-state index in [0.29, 0.717) is 22.1 Å². The molecular weight excluding hydrogens is 326 g/mol. The van der Waals surface area contributed by atoms with Gasteiger partial charge < -0.3 is 19.9 Å². The highest BCUT2D eigenvalue weighted by molar-refractivity contribution is 7.80. The van der Waals surface area contributed by atoms with Crippen LogP contribution in [0.1, 0.15) is 12.5 Å². The smallest absolute Gasteiger partial charge is 0.191 e. The molecule has 0 spiro atoms. The molecule has 0 aliphatic rings. The van der Waals surface area contributed by atoms with Crippen molar-refractivity contribution in [1.29, 1.82) is 0 Å². The minimum Gasteiger partial charge on any atom is -0.507 e. The molecule has 3 N–H and O–H groups in total. The van der Waals surface area contributed by atoms with Gasteiger partial charge in [0.2, 0.25) is 0 Å². The quantitative estimate of drug-likeness (QED) is 0.439. The maximum atomic E-state index is 10.0. The van der Waals surface area contributed by atoms with Gasteiger partial charge in [0.1, 0.15) is 17.2 Å². The molecule has 0 saturated carbocycles. The molecule has 6 nitrogen and oxygen atoms in total. The van der Waals surface area contributed by atoms with E-state index in [0.717, 1.165) is 11.4 Å². The number of benzene rings is 2. The highest BCUT2D eigenvalue weighted by Gasteiger charge is 2.06. The van der Waals surface area contributed by atoms with Crippen molar-refractivity contribution < 1.29 is 14.6 Å². The standard InChI is InChI=1S/C17H19N3O3S/c1-11(15-8-7-14(23-3)10-16(15)21)19-20-17(24)18-12-5-4-6-13(9-12)22-2/h4-10,21H,1-3H3,(H2,18,20,24)/b19-11+. The van der Waals surface area contributed by atoms with E-state index in [-0.39, 0.29) is 5.75 Å². The summed E-state index contributed by atoms with van der Waals surface area (Å²) in [6.07, 6.45) is 0. The minimum absolute atomic E-state index is 0.0871. The van der Waals surface area contributed by atoms with Crippen molar-refractivity contribution in [2.75, 3.05) is 19.5 Å². The second-order valence-corrected chi connectivity index (χ2v) is 5.29. The van der Waals surface area contributed by atoms with Gasteiger partial charge in [-0.2, -0.15) is 5.10 Å². The number of rotatable bonds is 5. The van der Waals surface area contributed by atoms with Crippen LogP contribution in [0.2, 0.25) is 0 Å². The zero-order valence-corrected chi connectivity index (χ0v) is 14.5. The highest BCUT2D eigenvalue weighted by Crippen LogP contribution is 2.23. The van der Waals surface area contributed by atoms with E-state index in [4.69, 9.17) is 21.7 Å². The molecule has 126 valence electrons. The Hall–Kier alpha value is -2.80. The topological polar surface area (TPSA) is 75.1 Å². The lowest BCUT2D eigenvalue weighted by Gasteiger charge is -2.10. The largest absolute Gasteiger partial charge is 0.507 e. The van der Waals surface area contributed by atoms with Gasteiger partial charge >= 0.3 is 0 Å². The Bertz CT molecular complexity index is 762. The van der Waals surface area contributed by atoms with Crippen molar-refractivity contribution in [3.8, 4) is 17.2 Å². The number of hydrogen-bond donors (Lipinski definition) is 3. The normalized spacial score (nSPS) is 10.9. The van der Waals surface area contributed by atoms with Crippen LogP contribution in [0, 0.1) is 0 Å². The van der Waals surface area contributed by atoms with Gasteiger partial charge in [-0.25, -0.2) is 0 Å². The minimum atomic E-state index is 0.0871. The average molecular weight is 345 g/mol. The van der Waals surface area contributed by atoms with Gasteiger partial charge in [0, 0.05) is 23.4 Å². The molecule has 0 aliphatic heterocycles. The summed E-state index contributed by atoms with van der Waals surface area (Å²) < 4.78 is 10.2. The van der Waals surface area contributed by atoms with Crippen LogP contribution in [-0.4, -0.2) is 30.2 Å². The van der Waals surface area contributed by atoms with Crippen LogP contribution in [0.15, 0.2) is 47.6 Å². The summed E-state index contributed by atoms with van der Waals surface area (Å²) in [5, 5.41) is 17.5. The van der Waals surface area contributed by atoms with Crippen molar-refractivity contribution in [2.24, 2.45) is 5.10 Å². The van der Waals surface area contributed by atoms with Crippen molar-refractivity contribution in [3.05, 3.63) is 48.0 Å². The SMILES string of the molecule is COc1cccc(NC(=S)N/N=C(\C)c2ccc(OC)cc2O)c1. The Kier molecular flexibility index (Phi) is 5.97. The monoisotopic (exact) mass is 345 g/mol. The van der Waals surface area contributed by atoms with E-state index < -0.39 is 0 Å². The van der Waals surface area contributed by atoms with Gasteiger partial charge in [0.15, 0.2) is 5.11 Å².